The highest BCUT2D eigenvalue weighted by Crippen LogP contribution is 2.42. The molecule has 1 fully saturated rings. The molecule has 1 aliphatic heterocycles. The van der Waals surface area contributed by atoms with E-state index in [0.29, 0.717) is 23.0 Å². The van der Waals surface area contributed by atoms with E-state index in [1.165, 1.54) is 23.3 Å². The summed E-state index contributed by atoms with van der Waals surface area (Å²) in [6.07, 6.45) is 0. The van der Waals surface area contributed by atoms with E-state index >= 15 is 0 Å². The predicted molar refractivity (Wildman–Crippen MR) is 118 cm³/mol. The fraction of sp³-hybridized carbons (Fsp3) is 0.217. The molecule has 1 aliphatic rings. The maximum Gasteiger partial charge on any atom is 0.296 e. The molecule has 7 nitrogen and oxygen atoms in total. The Kier molecular flexibility index (Phi) is 5.56. The first-order valence-electron chi connectivity index (χ1n) is 9.63. The lowest BCUT2D eigenvalue weighted by molar-refractivity contribution is -0.140. The van der Waals surface area contributed by atoms with Crippen molar-refractivity contribution in [2.45, 2.75) is 12.6 Å². The third-order valence-electron chi connectivity index (χ3n) is 5.11. The number of methoxy groups -OCH3 is 1. The van der Waals surface area contributed by atoms with E-state index in [0.717, 1.165) is 4.88 Å². The van der Waals surface area contributed by atoms with Crippen molar-refractivity contribution >= 4 is 34.7 Å². The number of thiophene rings is 1. The molecule has 31 heavy (non-hydrogen) atoms. The van der Waals surface area contributed by atoms with Crippen LogP contribution in [0.15, 0.2) is 63.9 Å². The zero-order valence-electron chi connectivity index (χ0n) is 17.4. The number of hydrogen-bond donors (Lipinski definition) is 1. The van der Waals surface area contributed by atoms with E-state index in [9.17, 15) is 14.7 Å². The summed E-state index contributed by atoms with van der Waals surface area (Å²) in [5.41, 5.74) is 0.382. The van der Waals surface area contributed by atoms with Gasteiger partial charge in [-0.3, -0.25) is 9.59 Å². The van der Waals surface area contributed by atoms with E-state index in [2.05, 4.69) is 0 Å². The van der Waals surface area contributed by atoms with Gasteiger partial charge in [0.05, 0.1) is 19.2 Å². The number of carbonyl (C=O) groups is 2. The molecule has 8 heteroatoms. The molecule has 1 N–H and O–H groups in total. The van der Waals surface area contributed by atoms with Gasteiger partial charge in [-0.1, -0.05) is 18.2 Å². The van der Waals surface area contributed by atoms with Crippen molar-refractivity contribution in [1.82, 2.24) is 4.90 Å². The summed E-state index contributed by atoms with van der Waals surface area (Å²) in [5, 5.41) is 13.0. The Bertz CT molecular complexity index is 1150. The molecule has 0 bridgehead atoms. The number of nitrogens with zero attached hydrogens (tertiary/aromatic N) is 2. The van der Waals surface area contributed by atoms with Crippen LogP contribution in [0.4, 0.5) is 5.88 Å². The van der Waals surface area contributed by atoms with Crippen molar-refractivity contribution in [1.29, 1.82) is 0 Å². The summed E-state index contributed by atoms with van der Waals surface area (Å²) >= 11 is 1.49. The van der Waals surface area contributed by atoms with Crippen LogP contribution in [0.1, 0.15) is 22.2 Å². The standard InChI is InChI=1S/C23H22N2O5S/c1-24(2)18-10-9-17(30-18)20-19(21(26)14-6-4-7-15(12-14)29-3)22(27)23(28)25(20)13-16-8-5-11-31-16/h4-12,20,26H,13H2,1-3H3/b21-19+. The molecule has 1 unspecified atom stereocenters. The van der Waals surface area contributed by atoms with Crippen LogP contribution in [0.3, 0.4) is 0 Å². The van der Waals surface area contributed by atoms with Gasteiger partial charge in [0.15, 0.2) is 5.88 Å². The monoisotopic (exact) mass is 438 g/mol. The second kappa shape index (κ2) is 8.31. The zero-order chi connectivity index (χ0) is 22.1. The van der Waals surface area contributed by atoms with E-state index in [4.69, 9.17) is 9.15 Å². The number of ether oxygens (including phenoxy) is 1. The van der Waals surface area contributed by atoms with E-state index in [1.807, 2.05) is 31.6 Å². The minimum Gasteiger partial charge on any atom is -0.507 e. The van der Waals surface area contributed by atoms with Crippen molar-refractivity contribution in [3.05, 3.63) is 75.7 Å². The van der Waals surface area contributed by atoms with Gasteiger partial charge in [-0.05, 0) is 29.6 Å². The van der Waals surface area contributed by atoms with Gasteiger partial charge in [-0.15, -0.1) is 11.3 Å². The van der Waals surface area contributed by atoms with Gasteiger partial charge in [0, 0.05) is 30.6 Å². The zero-order valence-corrected chi connectivity index (χ0v) is 18.2. The molecule has 4 rings (SSSR count). The highest BCUT2D eigenvalue weighted by Gasteiger charge is 2.47. The van der Waals surface area contributed by atoms with Crippen molar-refractivity contribution in [2.24, 2.45) is 0 Å². The van der Waals surface area contributed by atoms with Gasteiger partial charge in [0.2, 0.25) is 0 Å². The van der Waals surface area contributed by atoms with E-state index < -0.39 is 17.7 Å². The summed E-state index contributed by atoms with van der Waals surface area (Å²) in [6.45, 7) is 0.236. The van der Waals surface area contributed by atoms with Crippen molar-refractivity contribution in [3.63, 3.8) is 0 Å². The van der Waals surface area contributed by atoms with Gasteiger partial charge in [-0.25, -0.2) is 0 Å². The van der Waals surface area contributed by atoms with Crippen LogP contribution in [0.25, 0.3) is 5.76 Å². The maximum atomic E-state index is 13.0. The Labute approximate surface area is 183 Å². The normalized spacial score (nSPS) is 17.9. The fourth-order valence-electron chi connectivity index (χ4n) is 3.56. The first kappa shape index (κ1) is 20.7. The molecule has 1 amide bonds. The minimum absolute atomic E-state index is 0.00512. The lowest BCUT2D eigenvalue weighted by Gasteiger charge is -2.23. The quantitative estimate of drug-likeness (QED) is 0.355. The number of carbonyl (C=O) groups excluding carboxylic acids is 2. The summed E-state index contributed by atoms with van der Waals surface area (Å²) < 4.78 is 11.2. The number of ketones is 1. The third kappa shape index (κ3) is 3.82. The number of Topliss-reactive ketones (excluding diaryl/α,β-unsaturated/α-hetero) is 1. The molecular weight excluding hydrogens is 416 g/mol. The van der Waals surface area contributed by atoms with Crippen LogP contribution in [0.5, 0.6) is 5.75 Å². The van der Waals surface area contributed by atoms with Crippen LogP contribution in [-0.2, 0) is 16.1 Å². The van der Waals surface area contributed by atoms with Crippen molar-refractivity contribution in [2.75, 3.05) is 26.1 Å². The predicted octanol–water partition coefficient (Wildman–Crippen LogP) is 4.04. The number of aliphatic hydroxyl groups excluding tert-OH is 1. The highest BCUT2D eigenvalue weighted by atomic mass is 32.1. The molecule has 0 spiro atoms. The Morgan fingerprint density at radius 3 is 2.65 bits per heavy atom. The highest BCUT2D eigenvalue weighted by molar-refractivity contribution is 7.09. The second-order valence-electron chi connectivity index (χ2n) is 7.31. The average Bonchev–Trinajstić information content (AvgIpc) is 3.51. The number of hydrogen-bond acceptors (Lipinski definition) is 7. The number of furan rings is 1. The van der Waals surface area contributed by atoms with Crippen LogP contribution < -0.4 is 9.64 Å². The average molecular weight is 439 g/mol. The van der Waals surface area contributed by atoms with Crippen LogP contribution >= 0.6 is 11.3 Å². The number of rotatable bonds is 6. The van der Waals surface area contributed by atoms with Gasteiger partial charge >= 0.3 is 0 Å². The second-order valence-corrected chi connectivity index (χ2v) is 8.34. The molecule has 1 atom stereocenters. The van der Waals surface area contributed by atoms with Gasteiger partial charge < -0.3 is 24.1 Å². The van der Waals surface area contributed by atoms with Crippen LogP contribution in [-0.4, -0.2) is 42.9 Å². The first-order chi connectivity index (χ1) is 14.9. The summed E-state index contributed by atoms with van der Waals surface area (Å²) in [5.74, 6) is -0.169. The molecule has 1 aromatic carbocycles. The number of anilines is 1. The van der Waals surface area contributed by atoms with Gasteiger partial charge in [0.1, 0.15) is 23.3 Å². The Hall–Kier alpha value is -3.52. The molecule has 3 heterocycles. The summed E-state index contributed by atoms with van der Waals surface area (Å²) in [4.78, 5) is 30.2. The minimum atomic E-state index is -0.845. The van der Waals surface area contributed by atoms with Gasteiger partial charge in [0.25, 0.3) is 11.7 Å². The molecule has 160 valence electrons. The van der Waals surface area contributed by atoms with Crippen molar-refractivity contribution in [3.8, 4) is 5.75 Å². The maximum absolute atomic E-state index is 13.0. The van der Waals surface area contributed by atoms with E-state index in [-0.39, 0.29) is 17.9 Å². The SMILES string of the molecule is COc1cccc(/C(O)=C2\C(=O)C(=O)N(Cc3cccs3)C2c2ccc(N(C)C)o2)c1. The lowest BCUT2D eigenvalue weighted by atomic mass is 9.99. The van der Waals surface area contributed by atoms with Crippen LogP contribution in [0.2, 0.25) is 0 Å². The lowest BCUT2D eigenvalue weighted by Crippen LogP contribution is -2.28. The number of aliphatic hydroxyl groups is 1. The van der Waals surface area contributed by atoms with E-state index in [1.54, 1.807) is 41.3 Å². The topological polar surface area (TPSA) is 83.2 Å². The molecule has 0 radical (unpaired) electrons. The molecule has 2 aromatic heterocycles. The van der Waals surface area contributed by atoms with Crippen molar-refractivity contribution < 1.29 is 23.8 Å². The number of amides is 1. The molecule has 3 aromatic rings. The first-order valence-corrected chi connectivity index (χ1v) is 10.5. The number of likely N-dealkylation sites (tertiary alicyclic amines) is 1. The number of benzene rings is 1. The van der Waals surface area contributed by atoms with Gasteiger partial charge in [-0.2, -0.15) is 0 Å². The molecule has 1 saturated heterocycles. The summed E-state index contributed by atoms with van der Waals surface area (Å²) in [6, 6.07) is 13.2. The Morgan fingerprint density at radius 1 is 1.19 bits per heavy atom. The third-order valence-corrected chi connectivity index (χ3v) is 5.97. The molecule has 0 aliphatic carbocycles. The smallest absolute Gasteiger partial charge is 0.296 e. The largest absolute Gasteiger partial charge is 0.507 e. The Morgan fingerprint density at radius 2 is 2.00 bits per heavy atom. The fourth-order valence-corrected chi connectivity index (χ4v) is 4.27. The van der Waals surface area contributed by atoms with Crippen LogP contribution in [0, 0.1) is 0 Å². The summed E-state index contributed by atoms with van der Waals surface area (Å²) in [7, 11) is 5.19. The Balaban J connectivity index is 1.86. The molecule has 0 saturated carbocycles. The molecular formula is C23H22N2O5S.